The van der Waals surface area contributed by atoms with Crippen molar-refractivity contribution in [3.8, 4) is 11.5 Å². The summed E-state index contributed by atoms with van der Waals surface area (Å²) < 4.78 is 18.2. The SMILES string of the molecule is CCC(C)(CCC(=O)Oc1c(C)c(C)c2c(c1C)CC[C@](C)(CCC[C@@H](C)CCC[C@@H](C)CCCC(C)C)O2)C(=O)OC(C)C. The third kappa shape index (κ3) is 11.9. The quantitative estimate of drug-likeness (QED) is 0.113. The van der Waals surface area contributed by atoms with Crippen molar-refractivity contribution in [1.82, 2.24) is 0 Å². The van der Waals surface area contributed by atoms with Gasteiger partial charge in [0.15, 0.2) is 0 Å². The van der Waals surface area contributed by atoms with Gasteiger partial charge in [-0.1, -0.05) is 79.6 Å². The molecule has 1 aliphatic rings. The van der Waals surface area contributed by atoms with E-state index in [9.17, 15) is 9.59 Å². The molecule has 0 aliphatic carbocycles. The Morgan fingerprint density at radius 2 is 1.44 bits per heavy atom. The van der Waals surface area contributed by atoms with Gasteiger partial charge in [0, 0.05) is 12.0 Å². The molecular weight excluding hydrogens is 560 g/mol. The lowest BCUT2D eigenvalue weighted by Crippen LogP contribution is -2.37. The van der Waals surface area contributed by atoms with Gasteiger partial charge in [-0.05, 0) is 121 Å². The molecule has 0 aromatic heterocycles. The third-order valence-corrected chi connectivity index (χ3v) is 10.6. The van der Waals surface area contributed by atoms with Crippen molar-refractivity contribution in [1.29, 1.82) is 0 Å². The first-order valence-electron chi connectivity index (χ1n) is 18.2. The number of ether oxygens (including phenoxy) is 3. The second-order valence-corrected chi connectivity index (χ2v) is 15.8. The molecule has 5 nitrogen and oxygen atoms in total. The summed E-state index contributed by atoms with van der Waals surface area (Å²) in [5.74, 6) is 3.49. The Kier molecular flexibility index (Phi) is 15.4. The Morgan fingerprint density at radius 3 is 2.00 bits per heavy atom. The number of carbonyl (C=O) groups is 2. The fourth-order valence-corrected chi connectivity index (χ4v) is 6.74. The summed E-state index contributed by atoms with van der Waals surface area (Å²) in [4.78, 5) is 25.7. The van der Waals surface area contributed by atoms with Crippen LogP contribution in [0.2, 0.25) is 0 Å². The summed E-state index contributed by atoms with van der Waals surface area (Å²) in [6.45, 7) is 25.4. The fraction of sp³-hybridized carbons (Fsp3) is 0.800. The van der Waals surface area contributed by atoms with Gasteiger partial charge in [-0.15, -0.1) is 0 Å². The van der Waals surface area contributed by atoms with Crippen LogP contribution in [0.25, 0.3) is 0 Å². The van der Waals surface area contributed by atoms with Gasteiger partial charge in [-0.3, -0.25) is 9.59 Å². The summed E-state index contributed by atoms with van der Waals surface area (Å²) in [5, 5.41) is 0. The standard InChI is InChI=1S/C40H68O5/c1-13-39(11,38(42)43-28(4)5)25-23-35(41)44-36-31(8)32(9)37-34(33(36)10)22-26-40(12,45-37)24-16-21-30(7)20-15-19-29(6)18-14-17-27(2)3/h27-30H,13-26H2,1-12H3/t29-,30-,39?,40-/m0/s1. The van der Waals surface area contributed by atoms with Crippen LogP contribution in [0.4, 0.5) is 0 Å². The molecular formula is C40H68O5. The Morgan fingerprint density at radius 1 is 0.867 bits per heavy atom. The number of esters is 2. The van der Waals surface area contributed by atoms with Gasteiger partial charge in [0.2, 0.25) is 0 Å². The van der Waals surface area contributed by atoms with Gasteiger partial charge in [0.1, 0.15) is 17.1 Å². The van der Waals surface area contributed by atoms with E-state index in [-0.39, 0.29) is 30.1 Å². The van der Waals surface area contributed by atoms with Crippen molar-refractivity contribution >= 4 is 11.9 Å². The van der Waals surface area contributed by atoms with Crippen molar-refractivity contribution in [2.75, 3.05) is 0 Å². The van der Waals surface area contributed by atoms with E-state index < -0.39 is 5.41 Å². The Bertz CT molecular complexity index is 1100. The van der Waals surface area contributed by atoms with E-state index in [0.29, 0.717) is 18.6 Å². The molecule has 0 saturated heterocycles. The zero-order valence-electron chi connectivity index (χ0n) is 31.3. The molecule has 0 radical (unpaired) electrons. The van der Waals surface area contributed by atoms with Gasteiger partial charge in [-0.25, -0.2) is 0 Å². The number of fused-ring (bicyclic) bond motifs is 1. The zero-order chi connectivity index (χ0) is 33.9. The lowest BCUT2D eigenvalue weighted by molar-refractivity contribution is -0.160. The Labute approximate surface area is 276 Å². The second-order valence-electron chi connectivity index (χ2n) is 15.8. The first kappa shape index (κ1) is 39.1. The Balaban J connectivity index is 1.93. The number of carbonyl (C=O) groups excluding carboxylic acids is 2. The van der Waals surface area contributed by atoms with E-state index in [1.54, 1.807) is 0 Å². The molecule has 1 aliphatic heterocycles. The van der Waals surface area contributed by atoms with Crippen molar-refractivity contribution in [2.24, 2.45) is 23.2 Å². The minimum absolute atomic E-state index is 0.164. The van der Waals surface area contributed by atoms with Gasteiger partial charge < -0.3 is 14.2 Å². The molecule has 0 N–H and O–H groups in total. The van der Waals surface area contributed by atoms with Gasteiger partial charge in [-0.2, -0.15) is 0 Å². The number of hydrogen-bond donors (Lipinski definition) is 0. The Hall–Kier alpha value is -2.04. The number of hydrogen-bond acceptors (Lipinski definition) is 5. The number of rotatable bonds is 19. The largest absolute Gasteiger partial charge is 0.487 e. The summed E-state index contributed by atoms with van der Waals surface area (Å²) >= 11 is 0. The molecule has 0 amide bonds. The van der Waals surface area contributed by atoms with Crippen LogP contribution in [0.5, 0.6) is 11.5 Å². The lowest BCUT2D eigenvalue weighted by Gasteiger charge is -2.38. The summed E-state index contributed by atoms with van der Waals surface area (Å²) in [6.07, 6.45) is 14.5. The third-order valence-electron chi connectivity index (χ3n) is 10.6. The van der Waals surface area contributed by atoms with Gasteiger partial charge in [0.25, 0.3) is 0 Å². The smallest absolute Gasteiger partial charge is 0.312 e. The highest BCUT2D eigenvalue weighted by Gasteiger charge is 2.36. The molecule has 4 atom stereocenters. The van der Waals surface area contributed by atoms with Crippen LogP contribution in [0, 0.1) is 43.9 Å². The van der Waals surface area contributed by atoms with Crippen LogP contribution in [-0.4, -0.2) is 23.6 Å². The normalized spacial score (nSPS) is 19.1. The van der Waals surface area contributed by atoms with Gasteiger partial charge >= 0.3 is 11.9 Å². The molecule has 1 unspecified atom stereocenters. The van der Waals surface area contributed by atoms with Crippen LogP contribution in [0.3, 0.4) is 0 Å². The fourth-order valence-electron chi connectivity index (χ4n) is 6.74. The van der Waals surface area contributed by atoms with E-state index in [1.165, 1.54) is 51.4 Å². The van der Waals surface area contributed by atoms with Gasteiger partial charge in [0.05, 0.1) is 11.5 Å². The molecule has 1 heterocycles. The second kappa shape index (κ2) is 17.8. The van der Waals surface area contributed by atoms with E-state index in [0.717, 1.165) is 65.0 Å². The molecule has 2 rings (SSSR count). The summed E-state index contributed by atoms with van der Waals surface area (Å²) in [6, 6.07) is 0. The maximum Gasteiger partial charge on any atom is 0.312 e. The van der Waals surface area contributed by atoms with E-state index >= 15 is 0 Å². The molecule has 0 fully saturated rings. The maximum atomic E-state index is 13.0. The molecule has 5 heteroatoms. The molecule has 45 heavy (non-hydrogen) atoms. The van der Waals surface area contributed by atoms with Crippen LogP contribution < -0.4 is 9.47 Å². The highest BCUT2D eigenvalue weighted by molar-refractivity contribution is 5.79. The molecule has 0 saturated carbocycles. The van der Waals surface area contributed by atoms with Crippen molar-refractivity contribution in [3.63, 3.8) is 0 Å². The highest BCUT2D eigenvalue weighted by atomic mass is 16.5. The van der Waals surface area contributed by atoms with E-state index in [1.807, 2.05) is 41.5 Å². The first-order valence-corrected chi connectivity index (χ1v) is 18.2. The average Bonchev–Trinajstić information content (AvgIpc) is 2.96. The van der Waals surface area contributed by atoms with Crippen molar-refractivity contribution < 1.29 is 23.8 Å². The van der Waals surface area contributed by atoms with Crippen LogP contribution >= 0.6 is 0 Å². The average molecular weight is 629 g/mol. The molecule has 0 bridgehead atoms. The minimum atomic E-state index is -0.708. The summed E-state index contributed by atoms with van der Waals surface area (Å²) in [7, 11) is 0. The van der Waals surface area contributed by atoms with Crippen molar-refractivity contribution in [2.45, 2.75) is 185 Å². The topological polar surface area (TPSA) is 61.8 Å². The zero-order valence-corrected chi connectivity index (χ0v) is 31.3. The van der Waals surface area contributed by atoms with E-state index in [2.05, 4.69) is 41.5 Å². The monoisotopic (exact) mass is 629 g/mol. The highest BCUT2D eigenvalue weighted by Crippen LogP contribution is 2.45. The van der Waals surface area contributed by atoms with Crippen LogP contribution in [-0.2, 0) is 20.7 Å². The molecule has 1 aromatic carbocycles. The minimum Gasteiger partial charge on any atom is -0.487 e. The predicted molar refractivity (Wildman–Crippen MR) is 187 cm³/mol. The van der Waals surface area contributed by atoms with Crippen LogP contribution in [0.15, 0.2) is 0 Å². The maximum absolute atomic E-state index is 13.0. The molecule has 258 valence electrons. The summed E-state index contributed by atoms with van der Waals surface area (Å²) in [5.41, 5.74) is 3.28. The molecule has 0 spiro atoms. The lowest BCUT2D eigenvalue weighted by atomic mass is 9.82. The molecule has 1 aromatic rings. The van der Waals surface area contributed by atoms with Crippen LogP contribution in [0.1, 0.15) is 168 Å². The predicted octanol–water partition coefficient (Wildman–Crippen LogP) is 11.2. The first-order chi connectivity index (χ1) is 21.0. The number of benzene rings is 1. The van der Waals surface area contributed by atoms with Crippen molar-refractivity contribution in [3.05, 3.63) is 22.3 Å². The van der Waals surface area contributed by atoms with E-state index in [4.69, 9.17) is 14.2 Å².